The first-order valence-electron chi connectivity index (χ1n) is 20.1. The Morgan fingerprint density at radius 1 is 0.356 bits per heavy atom. The van der Waals surface area contributed by atoms with Crippen molar-refractivity contribution in [3.05, 3.63) is 217 Å². The Bertz CT molecular complexity index is 2760. The molecule has 0 radical (unpaired) electrons. The van der Waals surface area contributed by atoms with Gasteiger partial charge in [0, 0.05) is 58.0 Å². The van der Waals surface area contributed by atoms with Crippen LogP contribution in [0.25, 0.3) is 78.3 Å². The lowest BCUT2D eigenvalue weighted by Gasteiger charge is -2.18. The smallest absolute Gasteiger partial charge is 0.122 e. The zero-order valence-electron chi connectivity index (χ0n) is 33.2. The number of rotatable bonds is 10. The normalized spacial score (nSPS) is 11.1. The molecular formula is C55H43N3O. The van der Waals surface area contributed by atoms with Crippen molar-refractivity contribution in [3.8, 4) is 84.0 Å². The Morgan fingerprint density at radius 3 is 1.17 bits per heavy atom. The fraction of sp³-hybridized carbons (Fsp3) is 0.0727. The molecule has 9 rings (SSSR count). The van der Waals surface area contributed by atoms with Crippen molar-refractivity contribution in [3.63, 3.8) is 0 Å². The number of pyridine rings is 3. The van der Waals surface area contributed by atoms with Crippen molar-refractivity contribution in [2.24, 2.45) is 0 Å². The van der Waals surface area contributed by atoms with E-state index in [0.717, 1.165) is 101 Å². The molecule has 0 unspecified atom stereocenters. The third-order valence-electron chi connectivity index (χ3n) is 11.1. The molecule has 4 heteroatoms. The van der Waals surface area contributed by atoms with Crippen molar-refractivity contribution in [2.75, 3.05) is 0 Å². The minimum atomic E-state index is 0.259. The van der Waals surface area contributed by atoms with Crippen LogP contribution in [-0.4, -0.2) is 20.1 Å². The van der Waals surface area contributed by atoms with Gasteiger partial charge in [0.2, 0.25) is 0 Å². The number of hydrogen-bond donors (Lipinski definition) is 1. The Kier molecular flexibility index (Phi) is 10.4. The van der Waals surface area contributed by atoms with E-state index >= 15 is 0 Å². The number of aromatic nitrogens is 3. The summed E-state index contributed by atoms with van der Waals surface area (Å²) in [5.74, 6) is 0.259. The van der Waals surface area contributed by atoms with Crippen LogP contribution in [-0.2, 0) is 12.8 Å². The summed E-state index contributed by atoms with van der Waals surface area (Å²) >= 11 is 0. The molecule has 0 amide bonds. The molecule has 0 aliphatic rings. The largest absolute Gasteiger partial charge is 0.508 e. The van der Waals surface area contributed by atoms with E-state index in [4.69, 9.17) is 15.0 Å². The van der Waals surface area contributed by atoms with E-state index in [1.165, 1.54) is 0 Å². The van der Waals surface area contributed by atoms with Crippen LogP contribution in [0, 0.1) is 13.8 Å². The Balaban J connectivity index is 1.13. The molecule has 0 spiro atoms. The highest BCUT2D eigenvalue weighted by Gasteiger charge is 2.17. The topological polar surface area (TPSA) is 58.9 Å². The van der Waals surface area contributed by atoms with Gasteiger partial charge in [-0.25, -0.2) is 0 Å². The van der Waals surface area contributed by atoms with Crippen LogP contribution in [0.2, 0.25) is 0 Å². The van der Waals surface area contributed by atoms with Gasteiger partial charge >= 0.3 is 0 Å². The fourth-order valence-electron chi connectivity index (χ4n) is 8.01. The first-order valence-corrected chi connectivity index (χ1v) is 20.1. The molecule has 3 aromatic heterocycles. The molecule has 0 aliphatic carbocycles. The van der Waals surface area contributed by atoms with Gasteiger partial charge in [-0.2, -0.15) is 0 Å². The van der Waals surface area contributed by atoms with E-state index in [-0.39, 0.29) is 5.75 Å². The van der Waals surface area contributed by atoms with Crippen molar-refractivity contribution in [1.29, 1.82) is 0 Å². The fourth-order valence-corrected chi connectivity index (χ4v) is 8.01. The van der Waals surface area contributed by atoms with Gasteiger partial charge in [-0.1, -0.05) is 152 Å². The quantitative estimate of drug-likeness (QED) is 0.151. The molecule has 0 aliphatic heterocycles. The molecule has 0 bridgehead atoms. The van der Waals surface area contributed by atoms with E-state index in [1.807, 2.05) is 85.3 Å². The van der Waals surface area contributed by atoms with Crippen LogP contribution in [0.15, 0.2) is 195 Å². The van der Waals surface area contributed by atoms with Crippen LogP contribution < -0.4 is 0 Å². The second-order valence-electron chi connectivity index (χ2n) is 15.1. The highest BCUT2D eigenvalue weighted by Crippen LogP contribution is 2.40. The number of hydrogen-bond acceptors (Lipinski definition) is 4. The predicted molar refractivity (Wildman–Crippen MR) is 243 cm³/mol. The SMILES string of the molecule is Cc1cc(-c2ccccc2)ncc1-c1ccccc1-c1cc(CCc2cnc(-c3ccccc3)cc2O)cc(-c2ccccc2-c2cnc(-c3ccccc3)cc2C)c1. The summed E-state index contributed by atoms with van der Waals surface area (Å²) in [5, 5.41) is 11.2. The molecule has 4 nitrogen and oxygen atoms in total. The van der Waals surface area contributed by atoms with Gasteiger partial charge in [0.15, 0.2) is 0 Å². The average molecular weight is 762 g/mol. The van der Waals surface area contributed by atoms with Crippen molar-refractivity contribution in [2.45, 2.75) is 26.7 Å². The highest BCUT2D eigenvalue weighted by atomic mass is 16.3. The minimum Gasteiger partial charge on any atom is -0.508 e. The first-order chi connectivity index (χ1) is 29.0. The standard InChI is InChI=1S/C55H43N3O/c1-37-28-52(40-16-6-3-7-17-40)57-35-50(37)48-24-14-12-22-46(48)44-30-39(26-27-43-34-56-54(33-55(43)59)42-20-10-5-11-21-42)31-45(32-44)47-23-13-15-25-49(47)51-36-58-53(29-38(51)2)41-18-8-4-9-19-41/h3-25,28-36H,26-27H2,1-2H3,(H,56,59). The first kappa shape index (κ1) is 37.2. The number of aryl methyl sites for hydroxylation is 4. The maximum Gasteiger partial charge on any atom is 0.122 e. The molecule has 9 aromatic rings. The summed E-state index contributed by atoms with van der Waals surface area (Å²) in [6.45, 7) is 4.34. The Morgan fingerprint density at radius 2 is 0.746 bits per heavy atom. The lowest BCUT2D eigenvalue weighted by atomic mass is 9.87. The maximum atomic E-state index is 11.2. The summed E-state index contributed by atoms with van der Waals surface area (Å²) < 4.78 is 0. The van der Waals surface area contributed by atoms with Gasteiger partial charge in [-0.3, -0.25) is 15.0 Å². The van der Waals surface area contributed by atoms with Gasteiger partial charge in [0.05, 0.1) is 17.1 Å². The van der Waals surface area contributed by atoms with Gasteiger partial charge in [-0.05, 0) is 95.0 Å². The third kappa shape index (κ3) is 7.94. The van der Waals surface area contributed by atoms with Crippen LogP contribution in [0.1, 0.15) is 22.3 Å². The monoisotopic (exact) mass is 761 g/mol. The molecule has 1 N–H and O–H groups in total. The van der Waals surface area contributed by atoms with Gasteiger partial charge in [-0.15, -0.1) is 0 Å². The molecule has 284 valence electrons. The van der Waals surface area contributed by atoms with Crippen molar-refractivity contribution in [1.82, 2.24) is 15.0 Å². The van der Waals surface area contributed by atoms with Crippen LogP contribution in [0.4, 0.5) is 0 Å². The Hall–Kier alpha value is -7.43. The summed E-state index contributed by atoms with van der Waals surface area (Å²) in [6.07, 6.45) is 7.19. The molecule has 0 saturated carbocycles. The zero-order valence-corrected chi connectivity index (χ0v) is 33.2. The lowest BCUT2D eigenvalue weighted by molar-refractivity contribution is 0.467. The number of benzene rings is 6. The minimum absolute atomic E-state index is 0.259. The second kappa shape index (κ2) is 16.6. The molecule has 0 atom stereocenters. The number of nitrogens with zero attached hydrogens (tertiary/aromatic N) is 3. The molecule has 0 fully saturated rings. The third-order valence-corrected chi connectivity index (χ3v) is 11.1. The zero-order chi connectivity index (χ0) is 40.1. The van der Waals surface area contributed by atoms with Crippen LogP contribution in [0.3, 0.4) is 0 Å². The van der Waals surface area contributed by atoms with E-state index < -0.39 is 0 Å². The molecule has 3 heterocycles. The maximum absolute atomic E-state index is 11.2. The molecule has 0 saturated heterocycles. The van der Waals surface area contributed by atoms with E-state index in [9.17, 15) is 5.11 Å². The summed E-state index contributed by atoms with van der Waals surface area (Å²) in [4.78, 5) is 14.6. The van der Waals surface area contributed by atoms with Gasteiger partial charge < -0.3 is 5.11 Å². The van der Waals surface area contributed by atoms with E-state index in [2.05, 4.69) is 117 Å². The predicted octanol–water partition coefficient (Wildman–Crippen LogP) is 13.6. The van der Waals surface area contributed by atoms with Crippen molar-refractivity contribution >= 4 is 0 Å². The lowest BCUT2D eigenvalue weighted by Crippen LogP contribution is -1.97. The summed E-state index contributed by atoms with van der Waals surface area (Å²) in [7, 11) is 0. The number of aromatic hydroxyl groups is 1. The van der Waals surface area contributed by atoms with E-state index in [1.54, 1.807) is 6.07 Å². The second-order valence-corrected chi connectivity index (χ2v) is 15.1. The van der Waals surface area contributed by atoms with E-state index in [0.29, 0.717) is 12.8 Å². The highest BCUT2D eigenvalue weighted by molar-refractivity contribution is 5.90. The average Bonchev–Trinajstić information content (AvgIpc) is 3.29. The Labute approximate surface area is 346 Å². The van der Waals surface area contributed by atoms with Crippen LogP contribution in [0.5, 0.6) is 5.75 Å². The molecular weight excluding hydrogens is 719 g/mol. The summed E-state index contributed by atoms with van der Waals surface area (Å²) in [5.41, 5.74) is 19.1. The van der Waals surface area contributed by atoms with Crippen molar-refractivity contribution < 1.29 is 5.11 Å². The van der Waals surface area contributed by atoms with Gasteiger partial charge in [0.1, 0.15) is 5.75 Å². The molecule has 59 heavy (non-hydrogen) atoms. The van der Waals surface area contributed by atoms with Crippen LogP contribution >= 0.6 is 0 Å². The summed E-state index contributed by atoms with van der Waals surface area (Å²) in [6, 6.07) is 60.9. The molecule has 6 aromatic carbocycles. The van der Waals surface area contributed by atoms with Gasteiger partial charge in [0.25, 0.3) is 0 Å².